The number of rotatable bonds is 5. The van der Waals surface area contributed by atoms with Gasteiger partial charge in [-0.2, -0.15) is 0 Å². The highest BCUT2D eigenvalue weighted by Gasteiger charge is 2.34. The smallest absolute Gasteiger partial charge is 0.340 e. The molecule has 1 aromatic heterocycles. The number of carbonyl (C=O) groups is 3. The molecule has 6 heteroatoms. The Balaban J connectivity index is 2.07. The number of hydrogen-bond acceptors (Lipinski definition) is 4. The number of aromatic amines is 1. The second-order valence-electron chi connectivity index (χ2n) is 7.13. The van der Waals surface area contributed by atoms with Crippen molar-refractivity contribution in [3.05, 3.63) is 47.3 Å². The van der Waals surface area contributed by atoms with Crippen LogP contribution in [0.1, 0.15) is 59.7 Å². The molecule has 2 aromatic rings. The van der Waals surface area contributed by atoms with Gasteiger partial charge in [0, 0.05) is 23.8 Å². The van der Waals surface area contributed by atoms with Crippen molar-refractivity contribution in [2.24, 2.45) is 0 Å². The molecule has 1 fully saturated rings. The number of piperidine rings is 1. The van der Waals surface area contributed by atoms with Crippen LogP contribution < -0.4 is 0 Å². The maximum absolute atomic E-state index is 13.2. The largest absolute Gasteiger partial charge is 0.462 e. The highest BCUT2D eigenvalue weighted by molar-refractivity contribution is 6.43. The van der Waals surface area contributed by atoms with E-state index in [0.29, 0.717) is 28.9 Å². The average Bonchev–Trinajstić information content (AvgIpc) is 3.05. The maximum Gasteiger partial charge on any atom is 0.340 e. The summed E-state index contributed by atoms with van der Waals surface area (Å²) in [5.74, 6) is -1.65. The Morgan fingerprint density at radius 3 is 2.54 bits per heavy atom. The zero-order chi connectivity index (χ0) is 20.3. The van der Waals surface area contributed by atoms with E-state index in [1.54, 1.807) is 18.7 Å². The number of carbonyl (C=O) groups excluding carboxylic acids is 3. The van der Waals surface area contributed by atoms with E-state index in [0.717, 1.165) is 19.3 Å². The fourth-order valence-electron chi connectivity index (χ4n) is 3.78. The average molecular weight is 382 g/mol. The molecule has 0 bridgehead atoms. The van der Waals surface area contributed by atoms with Gasteiger partial charge in [0.2, 0.25) is 0 Å². The summed E-state index contributed by atoms with van der Waals surface area (Å²) >= 11 is 0. The van der Waals surface area contributed by atoms with E-state index in [2.05, 4.69) is 4.98 Å². The zero-order valence-electron chi connectivity index (χ0n) is 16.6. The summed E-state index contributed by atoms with van der Waals surface area (Å²) in [5.41, 5.74) is 2.09. The van der Waals surface area contributed by atoms with Gasteiger partial charge in [0.25, 0.3) is 11.7 Å². The quantitative estimate of drug-likeness (QED) is 0.485. The zero-order valence-corrected chi connectivity index (χ0v) is 16.6. The topological polar surface area (TPSA) is 79.5 Å². The van der Waals surface area contributed by atoms with E-state index >= 15 is 0 Å². The maximum atomic E-state index is 13.2. The molecule has 1 saturated heterocycles. The number of ether oxygens (including phenoxy) is 1. The number of amides is 1. The molecule has 28 heavy (non-hydrogen) atoms. The minimum atomic E-state index is -0.619. The van der Waals surface area contributed by atoms with Crippen LogP contribution in [0.2, 0.25) is 0 Å². The Kier molecular flexibility index (Phi) is 5.97. The summed E-state index contributed by atoms with van der Waals surface area (Å²) in [6, 6.07) is 9.18. The van der Waals surface area contributed by atoms with Crippen LogP contribution in [-0.2, 0) is 9.53 Å². The first-order valence-corrected chi connectivity index (χ1v) is 9.76. The van der Waals surface area contributed by atoms with Crippen LogP contribution in [0.15, 0.2) is 30.3 Å². The van der Waals surface area contributed by atoms with Gasteiger partial charge in [0.05, 0.1) is 12.2 Å². The number of aromatic nitrogens is 1. The van der Waals surface area contributed by atoms with Crippen LogP contribution >= 0.6 is 0 Å². The Labute approximate surface area is 164 Å². The number of Topliss-reactive ketones (excluding diaryl/α,β-unsaturated/α-hetero) is 1. The van der Waals surface area contributed by atoms with Gasteiger partial charge < -0.3 is 14.6 Å². The van der Waals surface area contributed by atoms with Gasteiger partial charge in [-0.25, -0.2) is 4.79 Å². The van der Waals surface area contributed by atoms with Crippen molar-refractivity contribution >= 4 is 17.7 Å². The molecule has 0 radical (unpaired) electrons. The monoisotopic (exact) mass is 382 g/mol. The number of nitrogens with one attached hydrogen (secondary N) is 1. The van der Waals surface area contributed by atoms with Crippen molar-refractivity contribution in [1.82, 2.24) is 9.88 Å². The fourth-order valence-corrected chi connectivity index (χ4v) is 3.78. The number of nitrogens with zero attached hydrogens (tertiary/aromatic N) is 1. The van der Waals surface area contributed by atoms with Crippen molar-refractivity contribution < 1.29 is 19.1 Å². The van der Waals surface area contributed by atoms with E-state index in [1.807, 2.05) is 37.3 Å². The Morgan fingerprint density at radius 1 is 1.18 bits per heavy atom. The Bertz CT molecular complexity index is 885. The lowest BCUT2D eigenvalue weighted by atomic mass is 9.97. The first-order valence-electron chi connectivity index (χ1n) is 9.76. The molecular weight excluding hydrogens is 356 g/mol. The van der Waals surface area contributed by atoms with Gasteiger partial charge >= 0.3 is 5.97 Å². The van der Waals surface area contributed by atoms with E-state index in [1.165, 1.54) is 0 Å². The van der Waals surface area contributed by atoms with Crippen LogP contribution in [0.4, 0.5) is 0 Å². The molecule has 3 rings (SSSR count). The number of likely N-dealkylation sites (tertiary alicyclic amines) is 1. The van der Waals surface area contributed by atoms with Crippen molar-refractivity contribution in [2.45, 2.75) is 46.1 Å². The molecule has 148 valence electrons. The lowest BCUT2D eigenvalue weighted by molar-refractivity contribution is -0.129. The molecule has 1 aliphatic heterocycles. The molecule has 1 atom stereocenters. The summed E-state index contributed by atoms with van der Waals surface area (Å²) in [6.45, 7) is 6.22. The normalized spacial score (nSPS) is 16.7. The SMILES string of the molecule is CCOC(=O)c1c(C)[nH]c(C(=O)C(=O)N2CCCC[C@H]2C)c1-c1ccccc1. The van der Waals surface area contributed by atoms with Gasteiger partial charge in [-0.1, -0.05) is 30.3 Å². The molecule has 0 saturated carbocycles. The standard InChI is InChI=1S/C22H26N2O4/c1-4-28-22(27)17-15(3)23-19(18(17)16-11-6-5-7-12-16)20(25)21(26)24-13-9-8-10-14(24)2/h5-7,11-12,14,23H,4,8-10,13H2,1-3H3/t14-/m1/s1. The predicted molar refractivity (Wildman–Crippen MR) is 106 cm³/mol. The first-order chi connectivity index (χ1) is 13.5. The van der Waals surface area contributed by atoms with Crippen LogP contribution in [0.3, 0.4) is 0 Å². The Hall–Kier alpha value is -2.89. The van der Waals surface area contributed by atoms with Crippen molar-refractivity contribution in [1.29, 1.82) is 0 Å². The van der Waals surface area contributed by atoms with E-state index in [9.17, 15) is 14.4 Å². The molecule has 1 aromatic carbocycles. The third kappa shape index (κ3) is 3.72. The summed E-state index contributed by atoms with van der Waals surface area (Å²) in [7, 11) is 0. The van der Waals surface area contributed by atoms with Crippen LogP contribution in [0, 0.1) is 6.92 Å². The van der Waals surface area contributed by atoms with Gasteiger partial charge in [-0.05, 0) is 45.6 Å². The fraction of sp³-hybridized carbons (Fsp3) is 0.409. The van der Waals surface area contributed by atoms with E-state index in [4.69, 9.17) is 4.74 Å². The predicted octanol–water partition coefficient (Wildman–Crippen LogP) is 3.75. The molecule has 1 N–H and O–H groups in total. The summed E-state index contributed by atoms with van der Waals surface area (Å²) in [6.07, 6.45) is 2.85. The molecule has 1 aliphatic rings. The first kappa shape index (κ1) is 19.9. The van der Waals surface area contributed by atoms with Gasteiger partial charge in [-0.3, -0.25) is 9.59 Å². The summed E-state index contributed by atoms with van der Waals surface area (Å²) in [5, 5.41) is 0. The summed E-state index contributed by atoms with van der Waals surface area (Å²) < 4.78 is 5.19. The van der Waals surface area contributed by atoms with Crippen LogP contribution in [0.25, 0.3) is 11.1 Å². The number of H-pyrrole nitrogens is 1. The van der Waals surface area contributed by atoms with Crippen LogP contribution in [0.5, 0.6) is 0 Å². The minimum Gasteiger partial charge on any atom is -0.462 e. The van der Waals surface area contributed by atoms with Gasteiger partial charge in [0.15, 0.2) is 0 Å². The minimum absolute atomic E-state index is 0.0333. The number of benzene rings is 1. The number of esters is 1. The highest BCUT2D eigenvalue weighted by atomic mass is 16.5. The molecule has 6 nitrogen and oxygen atoms in total. The Morgan fingerprint density at radius 2 is 1.89 bits per heavy atom. The van der Waals surface area contributed by atoms with Crippen molar-refractivity contribution in [3.8, 4) is 11.1 Å². The van der Waals surface area contributed by atoms with Gasteiger partial charge in [-0.15, -0.1) is 0 Å². The molecule has 0 aliphatic carbocycles. The number of ketones is 1. The van der Waals surface area contributed by atoms with Gasteiger partial charge in [0.1, 0.15) is 5.69 Å². The third-order valence-corrected chi connectivity index (χ3v) is 5.21. The van der Waals surface area contributed by atoms with E-state index in [-0.39, 0.29) is 18.3 Å². The molecule has 0 unspecified atom stereocenters. The molecule has 0 spiro atoms. The van der Waals surface area contributed by atoms with Crippen LogP contribution in [-0.4, -0.2) is 46.7 Å². The summed E-state index contributed by atoms with van der Waals surface area (Å²) in [4.78, 5) is 43.3. The molecular formula is C22H26N2O4. The van der Waals surface area contributed by atoms with E-state index < -0.39 is 17.7 Å². The highest BCUT2D eigenvalue weighted by Crippen LogP contribution is 2.32. The second-order valence-corrected chi connectivity index (χ2v) is 7.13. The molecule has 1 amide bonds. The number of aryl methyl sites for hydroxylation is 1. The number of hydrogen-bond donors (Lipinski definition) is 1. The van der Waals surface area contributed by atoms with Crippen molar-refractivity contribution in [2.75, 3.05) is 13.2 Å². The van der Waals surface area contributed by atoms with Crippen molar-refractivity contribution in [3.63, 3.8) is 0 Å². The lowest BCUT2D eigenvalue weighted by Crippen LogP contribution is -2.45. The lowest BCUT2D eigenvalue weighted by Gasteiger charge is -2.32. The molecule has 2 heterocycles. The second kappa shape index (κ2) is 8.42. The third-order valence-electron chi connectivity index (χ3n) is 5.21.